The van der Waals surface area contributed by atoms with Crippen LogP contribution in [0.5, 0.6) is 5.75 Å². The molecule has 3 rings (SSSR count). The molecular weight excluding hydrogens is 312 g/mol. The lowest BCUT2D eigenvalue weighted by atomic mass is 9.99. The molecule has 2 atom stereocenters. The summed E-state index contributed by atoms with van der Waals surface area (Å²) < 4.78 is 5.15. The van der Waals surface area contributed by atoms with Crippen molar-refractivity contribution in [3.05, 3.63) is 65.7 Å². The maximum absolute atomic E-state index is 12.5. The average Bonchev–Trinajstić information content (AvgIpc) is 3.16. The molecule has 4 heteroatoms. The Balaban J connectivity index is 1.50. The van der Waals surface area contributed by atoms with E-state index in [1.54, 1.807) is 7.11 Å². The lowest BCUT2D eigenvalue weighted by molar-refractivity contribution is -0.125. The van der Waals surface area contributed by atoms with Gasteiger partial charge >= 0.3 is 0 Å². The molecule has 1 amide bonds. The number of hydrogen-bond donors (Lipinski definition) is 1. The minimum Gasteiger partial charge on any atom is -0.497 e. The van der Waals surface area contributed by atoms with Crippen molar-refractivity contribution >= 4 is 5.91 Å². The van der Waals surface area contributed by atoms with Crippen LogP contribution in [-0.4, -0.2) is 37.0 Å². The van der Waals surface area contributed by atoms with Crippen molar-refractivity contribution in [1.29, 1.82) is 0 Å². The number of ether oxygens (including phenoxy) is 1. The zero-order chi connectivity index (χ0) is 17.6. The summed E-state index contributed by atoms with van der Waals surface area (Å²) in [4.78, 5) is 14.8. The highest BCUT2D eigenvalue weighted by atomic mass is 16.5. The molecule has 25 heavy (non-hydrogen) atoms. The largest absolute Gasteiger partial charge is 0.497 e. The number of nitrogens with one attached hydrogen (secondary N) is 1. The quantitative estimate of drug-likeness (QED) is 0.879. The molecule has 0 bridgehead atoms. The van der Waals surface area contributed by atoms with Crippen LogP contribution in [0.15, 0.2) is 54.6 Å². The first-order valence-corrected chi connectivity index (χ1v) is 8.87. The molecule has 0 aromatic heterocycles. The molecule has 1 aliphatic rings. The van der Waals surface area contributed by atoms with Gasteiger partial charge in [0.2, 0.25) is 5.91 Å². The molecule has 0 unspecified atom stereocenters. The van der Waals surface area contributed by atoms with Gasteiger partial charge in [-0.25, -0.2) is 0 Å². The van der Waals surface area contributed by atoms with Crippen molar-refractivity contribution in [2.75, 3.05) is 20.2 Å². The van der Waals surface area contributed by atoms with Gasteiger partial charge in [-0.15, -0.1) is 0 Å². The molecule has 4 nitrogen and oxygen atoms in total. The predicted molar refractivity (Wildman–Crippen MR) is 99.7 cm³/mol. The Morgan fingerprint density at radius 1 is 1.20 bits per heavy atom. The van der Waals surface area contributed by atoms with Crippen LogP contribution < -0.4 is 10.1 Å². The molecule has 0 saturated carbocycles. The van der Waals surface area contributed by atoms with E-state index >= 15 is 0 Å². The van der Waals surface area contributed by atoms with Gasteiger partial charge in [0, 0.05) is 13.1 Å². The standard InChI is InChI=1S/C21H26N2O2/c1-16(21(24)22-14-17-8-10-20(25-2)11-9-17)23-13-12-19(15-23)18-6-4-3-5-7-18/h3-11,16,19H,12-15H2,1-2H3,(H,22,24)/t16-,19+/m0/s1. The minimum atomic E-state index is -0.105. The smallest absolute Gasteiger partial charge is 0.237 e. The molecular formula is C21H26N2O2. The number of carbonyl (C=O) groups excluding carboxylic acids is 1. The number of hydrogen-bond acceptors (Lipinski definition) is 3. The Morgan fingerprint density at radius 3 is 2.60 bits per heavy atom. The Labute approximate surface area is 149 Å². The van der Waals surface area contributed by atoms with E-state index < -0.39 is 0 Å². The number of carbonyl (C=O) groups is 1. The second kappa shape index (κ2) is 8.17. The normalized spacial score (nSPS) is 18.7. The molecule has 1 fully saturated rings. The molecule has 1 heterocycles. The fourth-order valence-electron chi connectivity index (χ4n) is 3.38. The zero-order valence-corrected chi connectivity index (χ0v) is 14.9. The molecule has 0 spiro atoms. The highest BCUT2D eigenvalue weighted by molar-refractivity contribution is 5.81. The summed E-state index contributed by atoms with van der Waals surface area (Å²) in [6, 6.07) is 18.3. The van der Waals surface area contributed by atoms with E-state index in [0.717, 1.165) is 30.8 Å². The summed E-state index contributed by atoms with van der Waals surface area (Å²) in [6.07, 6.45) is 1.11. The first-order valence-electron chi connectivity index (χ1n) is 8.87. The molecule has 1 N–H and O–H groups in total. The molecule has 2 aromatic carbocycles. The van der Waals surface area contributed by atoms with Crippen molar-refractivity contribution in [1.82, 2.24) is 10.2 Å². The van der Waals surface area contributed by atoms with Gasteiger partial charge in [-0.1, -0.05) is 42.5 Å². The SMILES string of the molecule is COc1ccc(CNC(=O)[C@H](C)N2CC[C@@H](c3ccccc3)C2)cc1. The number of benzene rings is 2. The van der Waals surface area contributed by atoms with Gasteiger partial charge in [0.05, 0.1) is 13.2 Å². The summed E-state index contributed by atoms with van der Waals surface area (Å²) >= 11 is 0. The van der Waals surface area contributed by atoms with Crippen LogP contribution in [0.25, 0.3) is 0 Å². The monoisotopic (exact) mass is 338 g/mol. The van der Waals surface area contributed by atoms with Crippen LogP contribution >= 0.6 is 0 Å². The van der Waals surface area contributed by atoms with Crippen LogP contribution in [0.4, 0.5) is 0 Å². The van der Waals surface area contributed by atoms with Crippen LogP contribution in [0.3, 0.4) is 0 Å². The van der Waals surface area contributed by atoms with E-state index in [-0.39, 0.29) is 11.9 Å². The summed E-state index contributed by atoms with van der Waals surface area (Å²) in [6.45, 7) is 4.46. The van der Waals surface area contributed by atoms with Gasteiger partial charge in [-0.3, -0.25) is 9.69 Å². The first kappa shape index (κ1) is 17.5. The third-order valence-corrected chi connectivity index (χ3v) is 5.04. The Morgan fingerprint density at radius 2 is 1.92 bits per heavy atom. The number of likely N-dealkylation sites (tertiary alicyclic amines) is 1. The van der Waals surface area contributed by atoms with Crippen LogP contribution in [0.2, 0.25) is 0 Å². The highest BCUT2D eigenvalue weighted by Gasteiger charge is 2.30. The Bertz CT molecular complexity index is 685. The number of amides is 1. The van der Waals surface area contributed by atoms with Crippen molar-refractivity contribution in [3.8, 4) is 5.75 Å². The van der Waals surface area contributed by atoms with Crippen LogP contribution in [0.1, 0.15) is 30.4 Å². The summed E-state index contributed by atoms with van der Waals surface area (Å²) in [5, 5.41) is 3.05. The summed E-state index contributed by atoms with van der Waals surface area (Å²) in [5.74, 6) is 1.44. The molecule has 2 aromatic rings. The van der Waals surface area contributed by atoms with Gasteiger partial charge in [-0.05, 0) is 49.1 Å². The number of methoxy groups -OCH3 is 1. The highest BCUT2D eigenvalue weighted by Crippen LogP contribution is 2.28. The fourth-order valence-corrected chi connectivity index (χ4v) is 3.38. The number of rotatable bonds is 6. The van der Waals surface area contributed by atoms with E-state index in [9.17, 15) is 4.79 Å². The molecule has 132 valence electrons. The predicted octanol–water partition coefficient (Wildman–Crippen LogP) is 3.19. The fraction of sp³-hybridized carbons (Fsp3) is 0.381. The third kappa shape index (κ3) is 4.40. The van der Waals surface area contributed by atoms with E-state index in [1.807, 2.05) is 37.3 Å². The molecule has 0 aliphatic carbocycles. The average molecular weight is 338 g/mol. The lowest BCUT2D eigenvalue weighted by Crippen LogP contribution is -2.43. The van der Waals surface area contributed by atoms with E-state index in [4.69, 9.17) is 4.74 Å². The van der Waals surface area contributed by atoms with Crippen LogP contribution in [-0.2, 0) is 11.3 Å². The van der Waals surface area contributed by atoms with Gasteiger partial charge in [0.15, 0.2) is 0 Å². The van der Waals surface area contributed by atoms with Crippen molar-refractivity contribution in [2.24, 2.45) is 0 Å². The number of nitrogens with zero attached hydrogens (tertiary/aromatic N) is 1. The van der Waals surface area contributed by atoms with Gasteiger partial charge < -0.3 is 10.1 Å². The Kier molecular flexibility index (Phi) is 5.71. The van der Waals surface area contributed by atoms with E-state index in [2.05, 4.69) is 34.5 Å². The summed E-state index contributed by atoms with van der Waals surface area (Å²) in [7, 11) is 1.65. The lowest BCUT2D eigenvalue weighted by Gasteiger charge is -2.23. The first-order chi connectivity index (χ1) is 12.2. The van der Waals surface area contributed by atoms with Gasteiger partial charge in [0.1, 0.15) is 5.75 Å². The Hall–Kier alpha value is -2.33. The van der Waals surface area contributed by atoms with E-state index in [1.165, 1.54) is 5.56 Å². The third-order valence-electron chi connectivity index (χ3n) is 5.04. The maximum Gasteiger partial charge on any atom is 0.237 e. The second-order valence-electron chi connectivity index (χ2n) is 6.63. The van der Waals surface area contributed by atoms with Crippen LogP contribution in [0, 0.1) is 0 Å². The maximum atomic E-state index is 12.5. The van der Waals surface area contributed by atoms with Gasteiger partial charge in [0.25, 0.3) is 0 Å². The second-order valence-corrected chi connectivity index (χ2v) is 6.63. The molecule has 1 saturated heterocycles. The van der Waals surface area contributed by atoms with E-state index in [0.29, 0.717) is 12.5 Å². The molecule has 1 aliphatic heterocycles. The minimum absolute atomic E-state index is 0.0875. The van der Waals surface area contributed by atoms with Crippen molar-refractivity contribution in [2.45, 2.75) is 31.8 Å². The molecule has 0 radical (unpaired) electrons. The van der Waals surface area contributed by atoms with Crippen molar-refractivity contribution in [3.63, 3.8) is 0 Å². The van der Waals surface area contributed by atoms with Gasteiger partial charge in [-0.2, -0.15) is 0 Å². The van der Waals surface area contributed by atoms with Crippen molar-refractivity contribution < 1.29 is 9.53 Å². The zero-order valence-electron chi connectivity index (χ0n) is 14.9. The topological polar surface area (TPSA) is 41.6 Å². The summed E-state index contributed by atoms with van der Waals surface area (Å²) in [5.41, 5.74) is 2.45.